The monoisotopic (exact) mass is 363 g/mol. The summed E-state index contributed by atoms with van der Waals surface area (Å²) in [6, 6.07) is 4.44. The Hall–Kier alpha value is -1.27. The predicted octanol–water partition coefficient (Wildman–Crippen LogP) is 4.19. The van der Waals surface area contributed by atoms with Crippen LogP contribution >= 0.6 is 23.4 Å². The van der Waals surface area contributed by atoms with E-state index in [0.717, 1.165) is 41.4 Å². The van der Waals surface area contributed by atoms with E-state index in [1.54, 1.807) is 11.8 Å². The molecule has 1 saturated carbocycles. The smallest absolute Gasteiger partial charge is 0.228 e. The molecule has 1 aliphatic heterocycles. The van der Waals surface area contributed by atoms with Gasteiger partial charge >= 0.3 is 0 Å². The van der Waals surface area contributed by atoms with Crippen molar-refractivity contribution in [1.82, 2.24) is 19.7 Å². The summed E-state index contributed by atoms with van der Waals surface area (Å²) in [5.41, 5.74) is 1.16. The van der Waals surface area contributed by atoms with Crippen LogP contribution < -0.4 is 4.90 Å². The second-order valence-electron chi connectivity index (χ2n) is 6.83. The molecule has 0 unspecified atom stereocenters. The maximum absolute atomic E-state index is 5.85. The highest BCUT2D eigenvalue weighted by molar-refractivity contribution is 7.98. The third-order valence-electron chi connectivity index (χ3n) is 4.78. The molecule has 0 radical (unpaired) electrons. The van der Waals surface area contributed by atoms with Crippen molar-refractivity contribution in [3.63, 3.8) is 0 Å². The summed E-state index contributed by atoms with van der Waals surface area (Å²) in [6.07, 6.45) is 6.81. The minimum absolute atomic E-state index is 0.534. The molecule has 1 aliphatic carbocycles. The Labute approximate surface area is 151 Å². The van der Waals surface area contributed by atoms with Crippen LogP contribution in [-0.4, -0.2) is 32.8 Å². The lowest BCUT2D eigenvalue weighted by Gasteiger charge is -2.31. The van der Waals surface area contributed by atoms with Gasteiger partial charge in [0.2, 0.25) is 5.95 Å². The number of hydrogen-bond acceptors (Lipinski definition) is 5. The summed E-state index contributed by atoms with van der Waals surface area (Å²) in [4.78, 5) is 6.56. The van der Waals surface area contributed by atoms with E-state index < -0.39 is 0 Å². The number of aromatic nitrogens is 4. The zero-order valence-electron chi connectivity index (χ0n) is 13.9. The van der Waals surface area contributed by atoms with E-state index in [4.69, 9.17) is 11.6 Å². The van der Waals surface area contributed by atoms with Gasteiger partial charge in [-0.15, -0.1) is 10.2 Å². The van der Waals surface area contributed by atoms with Crippen LogP contribution in [0.3, 0.4) is 0 Å². The fraction of sp³-hybridized carbons (Fsp3) is 0.588. The average molecular weight is 364 g/mol. The lowest BCUT2D eigenvalue weighted by molar-refractivity contribution is 0.429. The van der Waals surface area contributed by atoms with Crippen LogP contribution in [0.25, 0.3) is 0 Å². The highest BCUT2D eigenvalue weighted by Crippen LogP contribution is 2.41. The van der Waals surface area contributed by atoms with Crippen molar-refractivity contribution in [3.8, 4) is 0 Å². The number of rotatable bonds is 5. The van der Waals surface area contributed by atoms with Gasteiger partial charge in [0.15, 0.2) is 5.16 Å². The zero-order valence-corrected chi connectivity index (χ0v) is 15.4. The molecule has 128 valence electrons. The molecular formula is C17H22ClN5S. The number of anilines is 1. The molecule has 2 fully saturated rings. The first-order chi connectivity index (χ1) is 11.7. The second-order valence-corrected chi connectivity index (χ2v) is 8.16. The fourth-order valence-electron chi connectivity index (χ4n) is 3.08. The number of thioether (sulfide) groups is 1. The number of piperidine rings is 1. The topological polar surface area (TPSA) is 46.8 Å². The van der Waals surface area contributed by atoms with Crippen molar-refractivity contribution in [2.24, 2.45) is 5.92 Å². The maximum atomic E-state index is 5.85. The zero-order chi connectivity index (χ0) is 16.5. The fourth-order valence-corrected chi connectivity index (χ4v) is 4.13. The van der Waals surface area contributed by atoms with Gasteiger partial charge in [-0.25, -0.2) is 4.98 Å². The summed E-state index contributed by atoms with van der Waals surface area (Å²) in [5, 5.41) is 10.6. The molecule has 0 N–H and O–H groups in total. The molecule has 2 aromatic heterocycles. The number of halogens is 1. The molecule has 0 amide bonds. The molecule has 7 heteroatoms. The summed E-state index contributed by atoms with van der Waals surface area (Å²) >= 11 is 7.59. The molecule has 0 atom stereocenters. The van der Waals surface area contributed by atoms with Gasteiger partial charge in [0.25, 0.3) is 0 Å². The van der Waals surface area contributed by atoms with Crippen molar-refractivity contribution in [2.75, 3.05) is 18.0 Å². The summed E-state index contributed by atoms with van der Waals surface area (Å²) in [7, 11) is 0. The van der Waals surface area contributed by atoms with Crippen LogP contribution in [0.4, 0.5) is 5.95 Å². The maximum Gasteiger partial charge on any atom is 0.228 e. The van der Waals surface area contributed by atoms with E-state index in [0.29, 0.717) is 11.2 Å². The van der Waals surface area contributed by atoms with Gasteiger partial charge in [-0.05, 0) is 43.2 Å². The minimum Gasteiger partial charge on any atom is -0.341 e. The van der Waals surface area contributed by atoms with Gasteiger partial charge in [0, 0.05) is 31.1 Å². The Balaban J connectivity index is 1.50. The van der Waals surface area contributed by atoms with Gasteiger partial charge < -0.3 is 4.90 Å². The molecule has 0 aromatic carbocycles. The van der Waals surface area contributed by atoms with Crippen LogP contribution in [0.2, 0.25) is 5.15 Å². The number of hydrogen-bond donors (Lipinski definition) is 0. The molecule has 3 heterocycles. The van der Waals surface area contributed by atoms with Crippen molar-refractivity contribution < 1.29 is 0 Å². The molecule has 0 spiro atoms. The van der Waals surface area contributed by atoms with Crippen molar-refractivity contribution in [2.45, 2.75) is 49.6 Å². The Morgan fingerprint density at radius 3 is 2.62 bits per heavy atom. The number of nitrogens with zero attached hydrogens (tertiary/aromatic N) is 5. The Bertz CT molecular complexity index is 690. The van der Waals surface area contributed by atoms with Crippen LogP contribution in [0.5, 0.6) is 0 Å². The summed E-state index contributed by atoms with van der Waals surface area (Å²) in [5.74, 6) is 2.73. The molecule has 2 aromatic rings. The Morgan fingerprint density at radius 1 is 1.17 bits per heavy atom. The largest absolute Gasteiger partial charge is 0.341 e. The van der Waals surface area contributed by atoms with E-state index in [1.807, 2.05) is 18.3 Å². The molecule has 4 rings (SSSR count). The lowest BCUT2D eigenvalue weighted by atomic mass is 10.00. The normalized spacial score (nSPS) is 19.0. The molecule has 0 bridgehead atoms. The summed E-state index contributed by atoms with van der Waals surface area (Å²) < 4.78 is 2.37. The van der Waals surface area contributed by atoms with Crippen molar-refractivity contribution in [1.29, 1.82) is 0 Å². The van der Waals surface area contributed by atoms with Crippen molar-refractivity contribution in [3.05, 3.63) is 29.0 Å². The van der Waals surface area contributed by atoms with Gasteiger partial charge in [-0.3, -0.25) is 4.57 Å². The van der Waals surface area contributed by atoms with Gasteiger partial charge in [0.1, 0.15) is 5.15 Å². The van der Waals surface area contributed by atoms with E-state index in [2.05, 4.69) is 31.6 Å². The first-order valence-corrected chi connectivity index (χ1v) is 10.00. The second kappa shape index (κ2) is 6.92. The van der Waals surface area contributed by atoms with Crippen LogP contribution in [0.1, 0.15) is 44.2 Å². The SMILES string of the molecule is CC1CCN(c2nnc(SCc3ccc(Cl)nc3)n2C2CC2)CC1. The average Bonchev–Trinajstić information content (AvgIpc) is 3.35. The molecule has 2 aliphatic rings. The Morgan fingerprint density at radius 2 is 1.96 bits per heavy atom. The first kappa shape index (κ1) is 16.2. The van der Waals surface area contributed by atoms with E-state index in [1.165, 1.54) is 25.7 Å². The van der Waals surface area contributed by atoms with E-state index in [-0.39, 0.29) is 0 Å². The van der Waals surface area contributed by atoms with E-state index >= 15 is 0 Å². The summed E-state index contributed by atoms with van der Waals surface area (Å²) in [6.45, 7) is 4.53. The molecule has 1 saturated heterocycles. The lowest BCUT2D eigenvalue weighted by Crippen LogP contribution is -2.34. The predicted molar refractivity (Wildman–Crippen MR) is 97.7 cm³/mol. The Kier molecular flexibility index (Phi) is 4.68. The quantitative estimate of drug-likeness (QED) is 0.588. The highest BCUT2D eigenvalue weighted by atomic mass is 35.5. The van der Waals surface area contributed by atoms with Crippen LogP contribution in [0, 0.1) is 5.92 Å². The van der Waals surface area contributed by atoms with E-state index in [9.17, 15) is 0 Å². The third-order valence-corrected chi connectivity index (χ3v) is 6.02. The first-order valence-electron chi connectivity index (χ1n) is 8.64. The van der Waals surface area contributed by atoms with Gasteiger partial charge in [0.05, 0.1) is 0 Å². The number of pyridine rings is 1. The van der Waals surface area contributed by atoms with Crippen molar-refractivity contribution >= 4 is 29.3 Å². The van der Waals surface area contributed by atoms with Gasteiger partial charge in [-0.1, -0.05) is 36.4 Å². The molecule has 5 nitrogen and oxygen atoms in total. The van der Waals surface area contributed by atoms with Crippen LogP contribution in [-0.2, 0) is 5.75 Å². The van der Waals surface area contributed by atoms with Gasteiger partial charge in [-0.2, -0.15) is 0 Å². The standard InChI is InChI=1S/C17H22ClN5S/c1-12-6-8-22(9-7-12)16-20-21-17(23(16)14-3-4-14)24-11-13-2-5-15(18)19-10-13/h2,5,10,12,14H,3-4,6-9,11H2,1H3. The minimum atomic E-state index is 0.534. The highest BCUT2D eigenvalue weighted by Gasteiger charge is 2.32. The molecule has 24 heavy (non-hydrogen) atoms. The third kappa shape index (κ3) is 3.54. The molecular weight excluding hydrogens is 342 g/mol. The van der Waals surface area contributed by atoms with Crippen LogP contribution in [0.15, 0.2) is 23.5 Å².